The fraction of sp³-hybridized carbons (Fsp3) is 0.542. The molecule has 2 atom stereocenters. The smallest absolute Gasteiger partial charge is 0.228 e. The molecule has 2 amide bonds. The summed E-state index contributed by atoms with van der Waals surface area (Å²) in [6, 6.07) is 8.85. The number of anilines is 1. The van der Waals surface area contributed by atoms with Gasteiger partial charge >= 0.3 is 0 Å². The predicted molar refractivity (Wildman–Crippen MR) is 119 cm³/mol. The highest BCUT2D eigenvalue weighted by molar-refractivity contribution is 6.10. The first-order valence-electron chi connectivity index (χ1n) is 11.3. The Morgan fingerprint density at radius 3 is 2.68 bits per heavy atom. The van der Waals surface area contributed by atoms with Gasteiger partial charge in [-0.05, 0) is 55.7 Å². The van der Waals surface area contributed by atoms with Gasteiger partial charge in [-0.3, -0.25) is 14.4 Å². The van der Waals surface area contributed by atoms with Crippen LogP contribution >= 0.6 is 0 Å². The van der Waals surface area contributed by atoms with E-state index in [1.165, 1.54) is 16.6 Å². The first-order chi connectivity index (χ1) is 14.9. The third kappa shape index (κ3) is 3.50. The number of aryl methyl sites for hydroxylation is 1. The van der Waals surface area contributed by atoms with E-state index in [1.54, 1.807) is 0 Å². The average molecular weight is 423 g/mol. The maximum atomic E-state index is 13.0. The Kier molecular flexibility index (Phi) is 4.79. The van der Waals surface area contributed by atoms with Crippen LogP contribution in [-0.2, 0) is 21.4 Å². The van der Waals surface area contributed by atoms with Crippen LogP contribution < -0.4 is 10.2 Å². The second-order valence-electron chi connectivity index (χ2n) is 9.45. The summed E-state index contributed by atoms with van der Waals surface area (Å²) in [6.07, 6.45) is 4.69. The molecule has 2 aliphatic heterocycles. The molecule has 2 saturated heterocycles. The molecule has 2 aromatic rings. The molecule has 7 nitrogen and oxygen atoms in total. The van der Waals surface area contributed by atoms with Crippen molar-refractivity contribution in [1.82, 2.24) is 14.8 Å². The van der Waals surface area contributed by atoms with E-state index < -0.39 is 5.54 Å². The van der Waals surface area contributed by atoms with Crippen LogP contribution in [0.1, 0.15) is 39.0 Å². The zero-order valence-electron chi connectivity index (χ0n) is 18.3. The van der Waals surface area contributed by atoms with Crippen LogP contribution in [0.15, 0.2) is 30.5 Å². The number of carbonyl (C=O) groups excluding carboxylic acids is 3. The van der Waals surface area contributed by atoms with Crippen LogP contribution in [0.4, 0.5) is 5.69 Å². The Hall–Kier alpha value is -2.83. The van der Waals surface area contributed by atoms with E-state index in [-0.39, 0.29) is 36.0 Å². The van der Waals surface area contributed by atoms with Gasteiger partial charge in [0.25, 0.3) is 0 Å². The second kappa shape index (κ2) is 7.39. The number of nitrogens with zero attached hydrogens (tertiary/aromatic N) is 3. The average Bonchev–Trinajstić information content (AvgIpc) is 3.48. The third-order valence-corrected chi connectivity index (χ3v) is 7.37. The van der Waals surface area contributed by atoms with Crippen LogP contribution in [-0.4, -0.2) is 58.3 Å². The van der Waals surface area contributed by atoms with Crippen molar-refractivity contribution >= 4 is 34.2 Å². The Labute approximate surface area is 182 Å². The fourth-order valence-corrected chi connectivity index (χ4v) is 5.44. The van der Waals surface area contributed by atoms with Crippen LogP contribution in [0.2, 0.25) is 0 Å². The van der Waals surface area contributed by atoms with E-state index in [2.05, 4.69) is 59.2 Å². The van der Waals surface area contributed by atoms with Crippen molar-refractivity contribution in [1.29, 1.82) is 0 Å². The number of rotatable bonds is 5. The van der Waals surface area contributed by atoms with Gasteiger partial charge in [-0.25, -0.2) is 0 Å². The summed E-state index contributed by atoms with van der Waals surface area (Å²) in [5.41, 5.74) is 1.60. The minimum absolute atomic E-state index is 0.0259. The minimum Gasteiger partial charge on any atom is -0.365 e. The van der Waals surface area contributed by atoms with Crippen LogP contribution in [0.3, 0.4) is 0 Å². The maximum absolute atomic E-state index is 13.0. The largest absolute Gasteiger partial charge is 0.365 e. The molecule has 31 heavy (non-hydrogen) atoms. The van der Waals surface area contributed by atoms with E-state index in [4.69, 9.17) is 0 Å². The minimum atomic E-state index is -0.787. The van der Waals surface area contributed by atoms with E-state index >= 15 is 0 Å². The Morgan fingerprint density at radius 1 is 1.19 bits per heavy atom. The number of Topliss-reactive ketones (excluding diaryl/α,β-unsaturated/α-hetero) is 1. The summed E-state index contributed by atoms with van der Waals surface area (Å²) in [6.45, 7) is 4.28. The number of fused-ring (bicyclic) bond motifs is 1. The van der Waals surface area contributed by atoms with Gasteiger partial charge < -0.3 is 19.7 Å². The van der Waals surface area contributed by atoms with Crippen LogP contribution in [0.5, 0.6) is 0 Å². The van der Waals surface area contributed by atoms with Gasteiger partial charge in [0.15, 0.2) is 5.78 Å². The molecule has 3 heterocycles. The third-order valence-electron chi connectivity index (χ3n) is 7.37. The SMILES string of the molecule is C[C@H]1CN(C(=O)CCC2(C3CC3)NC(=O)CC2=O)CCN1c1ccc2ccn(C)c2c1. The lowest BCUT2D eigenvalue weighted by Gasteiger charge is -2.41. The molecule has 5 rings (SSSR count). The molecule has 0 spiro atoms. The quantitative estimate of drug-likeness (QED) is 0.750. The Morgan fingerprint density at radius 2 is 2.00 bits per heavy atom. The number of carbonyl (C=O) groups is 3. The molecule has 1 saturated carbocycles. The van der Waals surface area contributed by atoms with E-state index in [9.17, 15) is 14.4 Å². The number of hydrogen-bond donors (Lipinski definition) is 1. The highest BCUT2D eigenvalue weighted by atomic mass is 16.2. The summed E-state index contributed by atoms with van der Waals surface area (Å²) < 4.78 is 2.13. The normalized spacial score (nSPS) is 26.6. The maximum Gasteiger partial charge on any atom is 0.228 e. The molecule has 1 unspecified atom stereocenters. The standard InChI is InChI=1S/C24H30N4O3/c1-16-15-27(11-12-28(16)19-6-3-17-8-10-26(2)20(17)13-19)23(31)7-9-24(18-4-5-18)21(29)14-22(30)25-24/h3,6,8,10,13,16,18H,4-5,7,9,11-12,14-15H2,1-2H3,(H,25,30)/t16-,24?/m0/s1. The topological polar surface area (TPSA) is 74.7 Å². The van der Waals surface area contributed by atoms with Gasteiger partial charge in [0, 0.05) is 56.5 Å². The second-order valence-corrected chi connectivity index (χ2v) is 9.45. The van der Waals surface area contributed by atoms with Crippen molar-refractivity contribution in [2.24, 2.45) is 13.0 Å². The van der Waals surface area contributed by atoms with Crippen LogP contribution in [0.25, 0.3) is 10.9 Å². The molecule has 1 aromatic heterocycles. The predicted octanol–water partition coefficient (Wildman–Crippen LogP) is 2.23. The van der Waals surface area contributed by atoms with Crippen molar-refractivity contribution in [3.8, 4) is 0 Å². The number of ketones is 1. The zero-order valence-corrected chi connectivity index (χ0v) is 18.3. The summed E-state index contributed by atoms with van der Waals surface area (Å²) in [5.74, 6) is 0.0737. The number of hydrogen-bond acceptors (Lipinski definition) is 4. The van der Waals surface area contributed by atoms with Crippen LogP contribution in [0, 0.1) is 5.92 Å². The number of benzene rings is 1. The summed E-state index contributed by atoms with van der Waals surface area (Å²) in [7, 11) is 2.05. The molecule has 3 aliphatic rings. The molecule has 1 N–H and O–H groups in total. The van der Waals surface area contributed by atoms with Gasteiger partial charge in [0.05, 0.1) is 6.42 Å². The number of aromatic nitrogens is 1. The molecule has 0 bridgehead atoms. The first kappa shape index (κ1) is 20.1. The van der Waals surface area contributed by atoms with E-state index in [0.717, 1.165) is 19.4 Å². The molecular weight excluding hydrogens is 392 g/mol. The highest BCUT2D eigenvalue weighted by Gasteiger charge is 2.55. The van der Waals surface area contributed by atoms with Gasteiger partial charge in [-0.15, -0.1) is 0 Å². The summed E-state index contributed by atoms with van der Waals surface area (Å²) in [4.78, 5) is 41.6. The number of amides is 2. The van der Waals surface area contributed by atoms with Gasteiger partial charge in [0.2, 0.25) is 11.8 Å². The van der Waals surface area contributed by atoms with Crippen molar-refractivity contribution in [2.75, 3.05) is 24.5 Å². The van der Waals surface area contributed by atoms with Gasteiger partial charge in [0.1, 0.15) is 5.54 Å². The lowest BCUT2D eigenvalue weighted by molar-refractivity contribution is -0.133. The molecule has 7 heteroatoms. The Bertz CT molecular complexity index is 1060. The molecule has 3 fully saturated rings. The number of piperazine rings is 1. The van der Waals surface area contributed by atoms with Crippen molar-refractivity contribution in [2.45, 2.75) is 50.6 Å². The van der Waals surface area contributed by atoms with Gasteiger partial charge in [-0.2, -0.15) is 0 Å². The summed E-state index contributed by atoms with van der Waals surface area (Å²) >= 11 is 0. The monoisotopic (exact) mass is 422 g/mol. The van der Waals surface area contributed by atoms with E-state index in [0.29, 0.717) is 25.9 Å². The van der Waals surface area contributed by atoms with Crippen molar-refractivity contribution in [3.05, 3.63) is 30.5 Å². The Balaban J connectivity index is 1.23. The molecular formula is C24H30N4O3. The highest BCUT2D eigenvalue weighted by Crippen LogP contribution is 2.45. The zero-order chi connectivity index (χ0) is 21.8. The van der Waals surface area contributed by atoms with Crippen molar-refractivity contribution < 1.29 is 14.4 Å². The molecule has 1 aromatic carbocycles. The van der Waals surface area contributed by atoms with E-state index in [1.807, 2.05) is 4.90 Å². The number of nitrogens with one attached hydrogen (secondary N) is 1. The molecule has 164 valence electrons. The molecule has 0 radical (unpaired) electrons. The van der Waals surface area contributed by atoms with Crippen molar-refractivity contribution in [3.63, 3.8) is 0 Å². The lowest BCUT2D eigenvalue weighted by atomic mass is 9.85. The summed E-state index contributed by atoms with van der Waals surface area (Å²) in [5, 5.41) is 4.15. The first-order valence-corrected chi connectivity index (χ1v) is 11.3. The lowest BCUT2D eigenvalue weighted by Crippen LogP contribution is -2.54. The molecule has 1 aliphatic carbocycles. The van der Waals surface area contributed by atoms with Gasteiger partial charge in [-0.1, -0.05) is 6.07 Å². The fourth-order valence-electron chi connectivity index (χ4n) is 5.44.